The summed E-state index contributed by atoms with van der Waals surface area (Å²) in [6, 6.07) is 8.03. The number of hydrogen-bond donors (Lipinski definition) is 0. The Morgan fingerprint density at radius 2 is 1.78 bits per heavy atom. The maximum atomic E-state index is 5.99. The van der Waals surface area contributed by atoms with Crippen LogP contribution in [0.4, 0.5) is 0 Å². The topological polar surface area (TPSA) is 24.9 Å². The highest BCUT2D eigenvalue weighted by Crippen LogP contribution is 2.26. The summed E-state index contributed by atoms with van der Waals surface area (Å²) in [5.74, 6) is 0. The lowest BCUT2D eigenvalue weighted by Crippen LogP contribution is -2.56. The summed E-state index contributed by atoms with van der Waals surface area (Å²) >= 11 is 5.99. The monoisotopic (exact) mass is 338 g/mol. The van der Waals surface area contributed by atoms with Crippen LogP contribution in [0.2, 0.25) is 5.02 Å². The second-order valence-electron chi connectivity index (χ2n) is 7.06. The van der Waals surface area contributed by atoms with Crippen molar-refractivity contribution in [2.24, 2.45) is 0 Å². The van der Waals surface area contributed by atoms with Crippen molar-refractivity contribution in [3.8, 4) is 0 Å². The maximum absolute atomic E-state index is 5.99. The molecule has 3 rings (SSSR count). The van der Waals surface area contributed by atoms with Crippen molar-refractivity contribution < 1.29 is 9.47 Å². The average molecular weight is 339 g/mol. The molecule has 0 aliphatic carbocycles. The van der Waals surface area contributed by atoms with Crippen LogP contribution in [0, 0.1) is 0 Å². The minimum Gasteiger partial charge on any atom is -0.379 e. The van der Waals surface area contributed by atoms with Gasteiger partial charge in [-0.1, -0.05) is 23.7 Å². The number of rotatable bonds is 4. The van der Waals surface area contributed by atoms with Crippen molar-refractivity contribution in [3.63, 3.8) is 0 Å². The summed E-state index contributed by atoms with van der Waals surface area (Å²) in [7, 11) is 0. The van der Waals surface area contributed by atoms with E-state index in [1.54, 1.807) is 0 Å². The van der Waals surface area contributed by atoms with Crippen LogP contribution in [-0.4, -0.2) is 67.9 Å². The molecular formula is C18H27ClN2O2. The van der Waals surface area contributed by atoms with Crippen LogP contribution < -0.4 is 0 Å². The molecule has 4 nitrogen and oxygen atoms in total. The number of morpholine rings is 2. The van der Waals surface area contributed by atoms with Gasteiger partial charge in [-0.15, -0.1) is 0 Å². The predicted molar refractivity (Wildman–Crippen MR) is 93.1 cm³/mol. The van der Waals surface area contributed by atoms with Gasteiger partial charge < -0.3 is 9.47 Å². The van der Waals surface area contributed by atoms with Crippen LogP contribution in [0.1, 0.15) is 25.5 Å². The summed E-state index contributed by atoms with van der Waals surface area (Å²) < 4.78 is 11.5. The quantitative estimate of drug-likeness (QED) is 0.843. The first-order chi connectivity index (χ1) is 11.0. The van der Waals surface area contributed by atoms with E-state index in [1.165, 1.54) is 5.56 Å². The van der Waals surface area contributed by atoms with Crippen molar-refractivity contribution in [2.45, 2.75) is 25.5 Å². The lowest BCUT2D eigenvalue weighted by atomic mass is 9.99. The van der Waals surface area contributed by atoms with E-state index in [-0.39, 0.29) is 11.6 Å². The summed E-state index contributed by atoms with van der Waals surface area (Å²) in [6.45, 7) is 12.2. The molecule has 0 bridgehead atoms. The third-order valence-electron chi connectivity index (χ3n) is 4.87. The molecule has 2 saturated heterocycles. The Kier molecular flexibility index (Phi) is 5.60. The highest BCUT2D eigenvalue weighted by Gasteiger charge is 2.32. The van der Waals surface area contributed by atoms with Crippen LogP contribution in [0.5, 0.6) is 0 Å². The molecule has 2 fully saturated rings. The molecule has 0 spiro atoms. The first-order valence-corrected chi connectivity index (χ1v) is 8.85. The van der Waals surface area contributed by atoms with Gasteiger partial charge in [-0.05, 0) is 31.5 Å². The van der Waals surface area contributed by atoms with Gasteiger partial charge in [0.25, 0.3) is 0 Å². The van der Waals surface area contributed by atoms with Gasteiger partial charge in [0.05, 0.1) is 25.9 Å². The number of benzene rings is 1. The molecule has 0 N–H and O–H groups in total. The number of hydrogen-bond acceptors (Lipinski definition) is 4. The van der Waals surface area contributed by atoms with E-state index in [0.717, 1.165) is 57.6 Å². The second kappa shape index (κ2) is 7.49. The minimum atomic E-state index is 0.140. The van der Waals surface area contributed by atoms with Crippen LogP contribution >= 0.6 is 11.6 Å². The molecule has 0 saturated carbocycles. The summed E-state index contributed by atoms with van der Waals surface area (Å²) in [6.07, 6.45) is 0.140. The highest BCUT2D eigenvalue weighted by molar-refractivity contribution is 6.30. The van der Waals surface area contributed by atoms with Gasteiger partial charge in [0.1, 0.15) is 0 Å². The van der Waals surface area contributed by atoms with E-state index < -0.39 is 0 Å². The Morgan fingerprint density at radius 3 is 2.48 bits per heavy atom. The van der Waals surface area contributed by atoms with Crippen molar-refractivity contribution in [3.05, 3.63) is 34.9 Å². The van der Waals surface area contributed by atoms with Crippen molar-refractivity contribution >= 4 is 11.6 Å². The summed E-state index contributed by atoms with van der Waals surface area (Å²) in [4.78, 5) is 5.07. The molecule has 2 aliphatic heterocycles. The smallest absolute Gasteiger partial charge is 0.0952 e. The molecule has 5 heteroatoms. The molecular weight excluding hydrogens is 312 g/mol. The molecule has 1 unspecified atom stereocenters. The van der Waals surface area contributed by atoms with Crippen molar-refractivity contribution in [2.75, 3.05) is 52.5 Å². The van der Waals surface area contributed by atoms with Gasteiger partial charge in [0, 0.05) is 43.3 Å². The zero-order valence-electron chi connectivity index (χ0n) is 14.1. The Balaban J connectivity index is 1.60. The molecule has 23 heavy (non-hydrogen) atoms. The standard InChI is InChI=1S/C18H27ClN2O2/c1-18(2,21-8-10-22-11-9-21)14-20-7-12-23-17(13-20)15-3-5-16(19)6-4-15/h3-6,17H,7-14H2,1-2H3. The van der Waals surface area contributed by atoms with Gasteiger partial charge >= 0.3 is 0 Å². The minimum absolute atomic E-state index is 0.140. The molecule has 1 atom stereocenters. The SMILES string of the molecule is CC(C)(CN1CCOC(c2ccc(Cl)cc2)C1)N1CCOCC1. The third-order valence-corrected chi connectivity index (χ3v) is 5.12. The third kappa shape index (κ3) is 4.46. The molecule has 2 aliphatic rings. The Bertz CT molecular complexity index is 500. The normalized spacial score (nSPS) is 24.7. The number of halogens is 1. The van der Waals surface area contributed by atoms with Crippen molar-refractivity contribution in [1.29, 1.82) is 0 Å². The Hall–Kier alpha value is -0.650. The van der Waals surface area contributed by atoms with Gasteiger partial charge in [0.15, 0.2) is 0 Å². The van der Waals surface area contributed by atoms with Crippen LogP contribution in [0.3, 0.4) is 0 Å². The second-order valence-corrected chi connectivity index (χ2v) is 7.49. The Labute approximate surface area is 144 Å². The summed E-state index contributed by atoms with van der Waals surface area (Å²) in [5, 5.41) is 0.773. The predicted octanol–water partition coefficient (Wildman–Crippen LogP) is 2.82. The molecule has 1 aromatic carbocycles. The highest BCUT2D eigenvalue weighted by atomic mass is 35.5. The number of ether oxygens (including phenoxy) is 2. The molecule has 0 aromatic heterocycles. The van der Waals surface area contributed by atoms with E-state index in [2.05, 4.69) is 35.8 Å². The van der Waals surface area contributed by atoms with Crippen LogP contribution in [0.25, 0.3) is 0 Å². The zero-order chi connectivity index (χ0) is 16.3. The molecule has 128 valence electrons. The fourth-order valence-electron chi connectivity index (χ4n) is 3.54. The van der Waals surface area contributed by atoms with Gasteiger partial charge in [-0.25, -0.2) is 0 Å². The summed E-state index contributed by atoms with van der Waals surface area (Å²) in [5.41, 5.74) is 1.37. The lowest BCUT2D eigenvalue weighted by molar-refractivity contribution is -0.0612. The maximum Gasteiger partial charge on any atom is 0.0952 e. The molecule has 2 heterocycles. The molecule has 0 radical (unpaired) electrons. The largest absolute Gasteiger partial charge is 0.379 e. The number of nitrogens with zero attached hydrogens (tertiary/aromatic N) is 2. The van der Waals surface area contributed by atoms with Crippen molar-refractivity contribution in [1.82, 2.24) is 9.80 Å². The zero-order valence-corrected chi connectivity index (χ0v) is 14.9. The van der Waals surface area contributed by atoms with E-state index in [1.807, 2.05) is 12.1 Å². The van der Waals surface area contributed by atoms with E-state index in [4.69, 9.17) is 21.1 Å². The van der Waals surface area contributed by atoms with Gasteiger partial charge in [-0.2, -0.15) is 0 Å². The first-order valence-electron chi connectivity index (χ1n) is 8.47. The van der Waals surface area contributed by atoms with E-state index in [0.29, 0.717) is 0 Å². The van der Waals surface area contributed by atoms with E-state index in [9.17, 15) is 0 Å². The fourth-order valence-corrected chi connectivity index (χ4v) is 3.67. The molecule has 1 aromatic rings. The first kappa shape index (κ1) is 17.2. The van der Waals surface area contributed by atoms with Crippen LogP contribution in [0.15, 0.2) is 24.3 Å². The lowest BCUT2D eigenvalue weighted by Gasteiger charge is -2.45. The fraction of sp³-hybridized carbons (Fsp3) is 0.667. The molecule has 0 amide bonds. The Morgan fingerprint density at radius 1 is 1.09 bits per heavy atom. The van der Waals surface area contributed by atoms with Gasteiger partial charge in [0.2, 0.25) is 0 Å². The van der Waals surface area contributed by atoms with Crippen LogP contribution in [-0.2, 0) is 9.47 Å². The average Bonchev–Trinajstić information content (AvgIpc) is 2.56. The van der Waals surface area contributed by atoms with E-state index >= 15 is 0 Å². The van der Waals surface area contributed by atoms with Gasteiger partial charge in [-0.3, -0.25) is 9.80 Å².